The Balaban J connectivity index is 4.27. The molecule has 0 spiro atoms. The van der Waals surface area contributed by atoms with Gasteiger partial charge in [0.15, 0.2) is 6.10 Å². The molecule has 0 aliphatic rings. The van der Waals surface area contributed by atoms with E-state index < -0.39 is 6.10 Å². The fourth-order valence-corrected chi connectivity index (χ4v) is 10.5. The normalized spacial score (nSPS) is 12.6. The van der Waals surface area contributed by atoms with Gasteiger partial charge in [-0.2, -0.15) is 0 Å². The summed E-state index contributed by atoms with van der Waals surface area (Å²) in [5.74, 6) is -0.857. The Morgan fingerprint density at radius 2 is 0.470 bits per heavy atom. The molecular weight excluding hydrogens is 1020 g/mol. The van der Waals surface area contributed by atoms with Gasteiger partial charge in [-0.25, -0.2) is 0 Å². The molecule has 0 rings (SSSR count). The molecule has 83 heavy (non-hydrogen) atoms. The number of hydrogen-bond acceptors (Lipinski definition) is 6. The Morgan fingerprint density at radius 3 is 0.747 bits per heavy atom. The number of hydrogen-bond donors (Lipinski definition) is 0. The van der Waals surface area contributed by atoms with Gasteiger partial charge in [0.25, 0.3) is 0 Å². The summed E-state index contributed by atoms with van der Waals surface area (Å²) in [6, 6.07) is 0. The van der Waals surface area contributed by atoms with Crippen LogP contribution in [0.25, 0.3) is 0 Å². The summed E-state index contributed by atoms with van der Waals surface area (Å²) in [7, 11) is 0. The van der Waals surface area contributed by atoms with Crippen LogP contribution in [-0.2, 0) is 28.6 Å². The zero-order valence-corrected chi connectivity index (χ0v) is 55.2. The summed E-state index contributed by atoms with van der Waals surface area (Å²) in [5.41, 5.74) is 0. The molecule has 0 aromatic rings. The zero-order chi connectivity index (χ0) is 59.9. The van der Waals surface area contributed by atoms with E-state index in [0.717, 1.165) is 96.3 Å². The lowest BCUT2D eigenvalue weighted by molar-refractivity contribution is -0.167. The number of allylic oxidation sites excluding steroid dienone is 14. The van der Waals surface area contributed by atoms with Crippen molar-refractivity contribution in [2.24, 2.45) is 0 Å². The molecule has 0 fully saturated rings. The number of carbonyl (C=O) groups is 3. The van der Waals surface area contributed by atoms with Crippen molar-refractivity contribution in [1.29, 1.82) is 0 Å². The smallest absolute Gasteiger partial charge is 0.306 e. The number of unbranched alkanes of at least 4 members (excludes halogenated alkanes) is 41. The molecule has 0 amide bonds. The van der Waals surface area contributed by atoms with Gasteiger partial charge in [-0.05, 0) is 96.3 Å². The molecule has 0 aliphatic carbocycles. The van der Waals surface area contributed by atoms with E-state index in [1.54, 1.807) is 0 Å². The predicted molar refractivity (Wildman–Crippen MR) is 362 cm³/mol. The molecule has 0 heterocycles. The zero-order valence-electron chi connectivity index (χ0n) is 55.2. The highest BCUT2D eigenvalue weighted by molar-refractivity contribution is 5.71. The molecule has 1 unspecified atom stereocenters. The number of esters is 3. The molecule has 1 atom stereocenters. The van der Waals surface area contributed by atoms with Crippen LogP contribution >= 0.6 is 0 Å². The fraction of sp³-hybridized carbons (Fsp3) is 0.779. The van der Waals surface area contributed by atoms with Gasteiger partial charge in [0, 0.05) is 19.3 Å². The van der Waals surface area contributed by atoms with E-state index in [9.17, 15) is 14.4 Å². The standard InChI is InChI=1S/C77H136O6/c1-4-7-10-13-16-19-22-25-28-31-32-33-34-35-36-37-38-39-40-41-42-43-44-47-49-52-55-58-61-64-67-70-76(79)82-73-74(83-77(80)71-68-65-62-59-56-53-50-46-30-27-24-21-18-15-12-9-6-3)72-81-75(78)69-66-63-60-57-54-51-48-45-29-26-23-20-17-14-11-8-5-2/h7,10,16,19,25,27-28,30,32-33,35-36,38-39,74H,4-6,8-9,11-15,17-18,20-24,26,29,31,34,37,40-73H2,1-3H3/b10-7-,19-16-,28-25-,30-27-,33-32-,36-35-,39-38-. The summed E-state index contributed by atoms with van der Waals surface area (Å²) in [6.07, 6.45) is 94.6. The fourth-order valence-electron chi connectivity index (χ4n) is 10.5. The third kappa shape index (κ3) is 69.3. The number of ether oxygens (including phenoxy) is 3. The van der Waals surface area contributed by atoms with Crippen LogP contribution in [0.5, 0.6) is 0 Å². The van der Waals surface area contributed by atoms with Gasteiger partial charge in [-0.1, -0.05) is 337 Å². The van der Waals surface area contributed by atoms with Crippen LogP contribution in [0.15, 0.2) is 85.1 Å². The first-order chi connectivity index (χ1) is 41.0. The molecule has 0 radical (unpaired) electrons. The minimum Gasteiger partial charge on any atom is -0.462 e. The van der Waals surface area contributed by atoms with Gasteiger partial charge in [0.05, 0.1) is 0 Å². The van der Waals surface area contributed by atoms with Gasteiger partial charge >= 0.3 is 17.9 Å². The lowest BCUT2D eigenvalue weighted by Gasteiger charge is -2.18. The first-order valence-corrected chi connectivity index (χ1v) is 36.1. The molecule has 6 nitrogen and oxygen atoms in total. The molecule has 0 bridgehead atoms. The second kappa shape index (κ2) is 71.1. The van der Waals surface area contributed by atoms with E-state index in [0.29, 0.717) is 19.3 Å². The van der Waals surface area contributed by atoms with Crippen molar-refractivity contribution in [3.8, 4) is 0 Å². The van der Waals surface area contributed by atoms with Crippen molar-refractivity contribution in [3.63, 3.8) is 0 Å². The molecule has 0 aromatic carbocycles. The Bertz CT molecular complexity index is 1570. The van der Waals surface area contributed by atoms with Crippen molar-refractivity contribution in [1.82, 2.24) is 0 Å². The summed E-state index contributed by atoms with van der Waals surface area (Å²) < 4.78 is 17.0. The van der Waals surface area contributed by atoms with Crippen LogP contribution in [-0.4, -0.2) is 37.2 Å². The van der Waals surface area contributed by atoms with Gasteiger partial charge in [-0.15, -0.1) is 0 Å². The SMILES string of the molecule is CC/C=C\C/C=C\C/C=C\C/C=C\C/C=C\C/C=C\CCCCCCCCCCCCCCC(=O)OCC(COC(=O)CCCCCCCCCCCCCCCCCCC)OC(=O)CCCCCCCCC/C=C\CCCCCCCC. The van der Waals surface area contributed by atoms with Crippen LogP contribution < -0.4 is 0 Å². The third-order valence-corrected chi connectivity index (χ3v) is 15.9. The van der Waals surface area contributed by atoms with E-state index in [-0.39, 0.29) is 31.1 Å². The maximum Gasteiger partial charge on any atom is 0.306 e. The van der Waals surface area contributed by atoms with Gasteiger partial charge < -0.3 is 14.2 Å². The van der Waals surface area contributed by atoms with Crippen molar-refractivity contribution in [2.75, 3.05) is 13.2 Å². The number of carbonyl (C=O) groups excluding carboxylic acids is 3. The third-order valence-electron chi connectivity index (χ3n) is 15.9. The highest BCUT2D eigenvalue weighted by atomic mass is 16.6. The molecule has 0 N–H and O–H groups in total. The summed E-state index contributed by atoms with van der Waals surface area (Å²) in [5, 5.41) is 0. The largest absolute Gasteiger partial charge is 0.462 e. The highest BCUT2D eigenvalue weighted by Crippen LogP contribution is 2.18. The lowest BCUT2D eigenvalue weighted by Crippen LogP contribution is -2.30. The molecule has 480 valence electrons. The number of rotatable bonds is 66. The molecule has 0 aliphatic heterocycles. The van der Waals surface area contributed by atoms with Gasteiger partial charge in [-0.3, -0.25) is 14.4 Å². The van der Waals surface area contributed by atoms with E-state index in [2.05, 4.69) is 106 Å². The Hall–Kier alpha value is -3.41. The summed E-state index contributed by atoms with van der Waals surface area (Å²) in [4.78, 5) is 38.5. The first-order valence-electron chi connectivity index (χ1n) is 36.1. The van der Waals surface area contributed by atoms with Crippen molar-refractivity contribution in [2.45, 2.75) is 374 Å². The molecular formula is C77H136O6. The highest BCUT2D eigenvalue weighted by Gasteiger charge is 2.19. The van der Waals surface area contributed by atoms with E-state index in [1.807, 2.05) is 0 Å². The van der Waals surface area contributed by atoms with Crippen LogP contribution in [0.2, 0.25) is 0 Å². The van der Waals surface area contributed by atoms with Crippen molar-refractivity contribution in [3.05, 3.63) is 85.1 Å². The van der Waals surface area contributed by atoms with Crippen LogP contribution in [0, 0.1) is 0 Å². The first kappa shape index (κ1) is 79.6. The quantitative estimate of drug-likeness (QED) is 0.0261. The Kier molecular flexibility index (Phi) is 68.2. The maximum absolute atomic E-state index is 13.0. The monoisotopic (exact) mass is 1160 g/mol. The molecule has 0 saturated carbocycles. The minimum atomic E-state index is -0.779. The van der Waals surface area contributed by atoms with Crippen molar-refractivity contribution >= 4 is 17.9 Å². The summed E-state index contributed by atoms with van der Waals surface area (Å²) >= 11 is 0. The second-order valence-electron chi connectivity index (χ2n) is 24.1. The van der Waals surface area contributed by atoms with Gasteiger partial charge in [0.1, 0.15) is 13.2 Å². The van der Waals surface area contributed by atoms with E-state index in [1.165, 1.54) is 231 Å². The Morgan fingerprint density at radius 1 is 0.253 bits per heavy atom. The van der Waals surface area contributed by atoms with Crippen LogP contribution in [0.3, 0.4) is 0 Å². The second-order valence-corrected chi connectivity index (χ2v) is 24.1. The van der Waals surface area contributed by atoms with E-state index in [4.69, 9.17) is 14.2 Å². The maximum atomic E-state index is 13.0. The average molecular weight is 1160 g/mol. The molecule has 0 saturated heterocycles. The predicted octanol–water partition coefficient (Wildman–Crippen LogP) is 25.0. The lowest BCUT2D eigenvalue weighted by atomic mass is 10.0. The average Bonchev–Trinajstić information content (AvgIpc) is 3.49. The van der Waals surface area contributed by atoms with Crippen molar-refractivity contribution < 1.29 is 28.6 Å². The van der Waals surface area contributed by atoms with Gasteiger partial charge in [0.2, 0.25) is 0 Å². The Labute approximate surface area is 515 Å². The van der Waals surface area contributed by atoms with Crippen LogP contribution in [0.1, 0.15) is 367 Å². The molecule has 6 heteroatoms. The minimum absolute atomic E-state index is 0.0733. The van der Waals surface area contributed by atoms with E-state index >= 15 is 0 Å². The topological polar surface area (TPSA) is 78.9 Å². The molecule has 0 aromatic heterocycles. The van der Waals surface area contributed by atoms with Crippen LogP contribution in [0.4, 0.5) is 0 Å². The summed E-state index contributed by atoms with van der Waals surface area (Å²) in [6.45, 7) is 6.58.